The van der Waals surface area contributed by atoms with E-state index < -0.39 is 24.5 Å². The third-order valence-corrected chi connectivity index (χ3v) is 2.34. The molecule has 1 aromatic heterocycles. The highest BCUT2D eigenvalue weighted by Crippen LogP contribution is 2.34. The molecule has 4 nitrogen and oxygen atoms in total. The lowest BCUT2D eigenvalue weighted by Crippen LogP contribution is -2.06. The number of nitrogens with zero attached hydrogens (tertiary/aromatic N) is 1. The second-order valence-corrected chi connectivity index (χ2v) is 3.74. The summed E-state index contributed by atoms with van der Waals surface area (Å²) >= 11 is 3.03. The molecule has 1 rings (SSSR count). The summed E-state index contributed by atoms with van der Waals surface area (Å²) in [5.41, 5.74) is -0.511. The van der Waals surface area contributed by atoms with Crippen LogP contribution in [-0.4, -0.2) is 23.2 Å². The van der Waals surface area contributed by atoms with Crippen LogP contribution < -0.4 is 4.74 Å². The first kappa shape index (κ1) is 12.8. The van der Waals surface area contributed by atoms with Gasteiger partial charge in [0.05, 0.1) is 23.7 Å². The highest BCUT2D eigenvalue weighted by Gasteiger charge is 2.20. The summed E-state index contributed by atoms with van der Waals surface area (Å²) in [6, 6.07) is 1.35. The molecular weight excluding hydrogens is 288 g/mol. The molecule has 1 N–H and O–H groups in total. The van der Waals surface area contributed by atoms with Crippen LogP contribution in [0.5, 0.6) is 5.75 Å². The summed E-state index contributed by atoms with van der Waals surface area (Å²) in [7, 11) is 1.24. The molecule has 0 saturated heterocycles. The van der Waals surface area contributed by atoms with Gasteiger partial charge in [-0.05, 0) is 22.0 Å². The molecule has 0 amide bonds. The van der Waals surface area contributed by atoms with E-state index in [1.165, 1.54) is 13.2 Å². The minimum Gasteiger partial charge on any atom is -0.493 e. The molecule has 0 radical (unpaired) electrons. The number of carboxylic acids is 1. The Morgan fingerprint density at radius 2 is 2.31 bits per heavy atom. The molecule has 0 aliphatic heterocycles. The van der Waals surface area contributed by atoms with Crippen LogP contribution in [0.2, 0.25) is 0 Å². The molecular formula is C9H8BrF2NO3. The van der Waals surface area contributed by atoms with Crippen molar-refractivity contribution in [2.75, 3.05) is 7.11 Å². The van der Waals surface area contributed by atoms with Gasteiger partial charge >= 0.3 is 5.97 Å². The normalized spacial score (nSPS) is 10.6. The van der Waals surface area contributed by atoms with E-state index in [1.54, 1.807) is 0 Å². The maximum absolute atomic E-state index is 12.6. The highest BCUT2D eigenvalue weighted by molar-refractivity contribution is 9.10. The standard InChI is InChI=1S/C9H8BrF2NO3/c1-16-8-5(10)2-4(3-6(14)15)13-7(8)9(11)12/h2,9H,3H2,1H3,(H,14,15). The number of halogens is 3. The fraction of sp³-hybridized carbons (Fsp3) is 0.333. The van der Waals surface area contributed by atoms with Crippen LogP contribution in [0.1, 0.15) is 17.8 Å². The summed E-state index contributed by atoms with van der Waals surface area (Å²) in [6.45, 7) is 0. The minimum atomic E-state index is -2.82. The van der Waals surface area contributed by atoms with Crippen LogP contribution in [0.25, 0.3) is 0 Å². The van der Waals surface area contributed by atoms with Gasteiger partial charge in [-0.2, -0.15) is 0 Å². The zero-order valence-corrected chi connectivity index (χ0v) is 9.79. The van der Waals surface area contributed by atoms with E-state index in [2.05, 4.69) is 20.9 Å². The van der Waals surface area contributed by atoms with Crippen molar-refractivity contribution >= 4 is 21.9 Å². The van der Waals surface area contributed by atoms with Crippen LogP contribution in [0.15, 0.2) is 10.5 Å². The first-order valence-corrected chi connectivity index (χ1v) is 4.98. The van der Waals surface area contributed by atoms with Crippen LogP contribution >= 0.6 is 15.9 Å². The van der Waals surface area contributed by atoms with Crippen molar-refractivity contribution in [3.63, 3.8) is 0 Å². The predicted octanol–water partition coefficient (Wildman–Crippen LogP) is 2.42. The highest BCUT2D eigenvalue weighted by atomic mass is 79.9. The van der Waals surface area contributed by atoms with Gasteiger partial charge in [0.25, 0.3) is 6.43 Å². The smallest absolute Gasteiger partial charge is 0.309 e. The number of aromatic nitrogens is 1. The molecule has 0 saturated carbocycles. The fourth-order valence-electron chi connectivity index (χ4n) is 1.17. The van der Waals surface area contributed by atoms with Crippen molar-refractivity contribution < 1.29 is 23.4 Å². The van der Waals surface area contributed by atoms with Crippen molar-refractivity contribution in [2.45, 2.75) is 12.8 Å². The van der Waals surface area contributed by atoms with Crippen molar-refractivity contribution in [3.05, 3.63) is 21.9 Å². The van der Waals surface area contributed by atoms with Gasteiger partial charge in [0.15, 0.2) is 5.75 Å². The van der Waals surface area contributed by atoms with Crippen LogP contribution in [0, 0.1) is 0 Å². The van der Waals surface area contributed by atoms with Gasteiger partial charge < -0.3 is 9.84 Å². The average Bonchev–Trinajstić information content (AvgIpc) is 2.15. The Hall–Kier alpha value is -1.24. The summed E-state index contributed by atoms with van der Waals surface area (Å²) in [4.78, 5) is 14.0. The first-order valence-electron chi connectivity index (χ1n) is 4.19. The second kappa shape index (κ2) is 5.20. The molecule has 0 aliphatic carbocycles. The molecule has 0 bridgehead atoms. The van der Waals surface area contributed by atoms with Gasteiger partial charge in [0.2, 0.25) is 0 Å². The molecule has 0 unspecified atom stereocenters. The monoisotopic (exact) mass is 295 g/mol. The summed E-state index contributed by atoms with van der Waals surface area (Å²) in [5.74, 6) is -1.21. The predicted molar refractivity (Wildman–Crippen MR) is 54.8 cm³/mol. The zero-order valence-electron chi connectivity index (χ0n) is 8.21. The van der Waals surface area contributed by atoms with E-state index in [4.69, 9.17) is 9.84 Å². The number of carboxylic acid groups (broad SMARTS) is 1. The number of ether oxygens (including phenoxy) is 1. The van der Waals surface area contributed by atoms with E-state index in [0.717, 1.165) is 0 Å². The fourth-order valence-corrected chi connectivity index (χ4v) is 1.80. The topological polar surface area (TPSA) is 59.4 Å². The van der Waals surface area contributed by atoms with E-state index in [9.17, 15) is 13.6 Å². The molecule has 0 spiro atoms. The minimum absolute atomic E-state index is 0.0514. The molecule has 0 atom stereocenters. The largest absolute Gasteiger partial charge is 0.493 e. The van der Waals surface area contributed by atoms with Gasteiger partial charge in [-0.3, -0.25) is 4.79 Å². The SMILES string of the molecule is COc1c(Br)cc(CC(=O)O)nc1C(F)F. The van der Waals surface area contributed by atoms with Crippen LogP contribution in [0.4, 0.5) is 8.78 Å². The third-order valence-electron chi connectivity index (χ3n) is 1.75. The van der Waals surface area contributed by atoms with Crippen molar-refractivity contribution in [1.82, 2.24) is 4.98 Å². The lowest BCUT2D eigenvalue weighted by Gasteiger charge is -2.10. The number of hydrogen-bond acceptors (Lipinski definition) is 3. The Kier molecular flexibility index (Phi) is 4.17. The lowest BCUT2D eigenvalue weighted by molar-refractivity contribution is -0.136. The van der Waals surface area contributed by atoms with Gasteiger partial charge in [0.1, 0.15) is 5.69 Å². The number of aliphatic carboxylic acids is 1. The summed E-state index contributed by atoms with van der Waals surface area (Å²) in [5, 5.41) is 8.54. The molecule has 88 valence electrons. The van der Waals surface area contributed by atoms with Crippen LogP contribution in [0.3, 0.4) is 0 Å². The van der Waals surface area contributed by atoms with Crippen LogP contribution in [-0.2, 0) is 11.2 Å². The average molecular weight is 296 g/mol. The maximum atomic E-state index is 12.6. The van der Waals surface area contributed by atoms with E-state index in [1.807, 2.05) is 0 Å². The summed E-state index contributed by atoms with van der Waals surface area (Å²) < 4.78 is 30.2. The first-order chi connectivity index (χ1) is 7.45. The number of methoxy groups -OCH3 is 1. The molecule has 7 heteroatoms. The zero-order chi connectivity index (χ0) is 12.3. The number of pyridine rings is 1. The Bertz CT molecular complexity index is 412. The van der Waals surface area contributed by atoms with Gasteiger partial charge in [-0.15, -0.1) is 0 Å². The molecule has 1 aromatic rings. The van der Waals surface area contributed by atoms with Gasteiger partial charge in [0, 0.05) is 0 Å². The maximum Gasteiger partial charge on any atom is 0.309 e. The number of rotatable bonds is 4. The van der Waals surface area contributed by atoms with Gasteiger partial charge in [-0.1, -0.05) is 0 Å². The molecule has 0 fully saturated rings. The molecule has 16 heavy (non-hydrogen) atoms. The van der Waals surface area contributed by atoms with E-state index in [0.29, 0.717) is 0 Å². The van der Waals surface area contributed by atoms with Crippen molar-refractivity contribution in [1.29, 1.82) is 0 Å². The number of carbonyl (C=O) groups is 1. The van der Waals surface area contributed by atoms with E-state index in [-0.39, 0.29) is 15.9 Å². The summed E-state index contributed by atoms with van der Waals surface area (Å²) in [6.07, 6.45) is -3.23. The quantitative estimate of drug-likeness (QED) is 0.927. The van der Waals surface area contributed by atoms with Gasteiger partial charge in [-0.25, -0.2) is 13.8 Å². The molecule has 1 heterocycles. The Balaban J connectivity index is 3.22. The Morgan fingerprint density at radius 3 is 2.75 bits per heavy atom. The second-order valence-electron chi connectivity index (χ2n) is 2.89. The Morgan fingerprint density at radius 1 is 1.69 bits per heavy atom. The molecule has 0 aliphatic rings. The lowest BCUT2D eigenvalue weighted by atomic mass is 10.2. The third kappa shape index (κ3) is 2.88. The van der Waals surface area contributed by atoms with Crippen molar-refractivity contribution in [2.24, 2.45) is 0 Å². The van der Waals surface area contributed by atoms with E-state index >= 15 is 0 Å². The van der Waals surface area contributed by atoms with Crippen molar-refractivity contribution in [3.8, 4) is 5.75 Å². The number of hydrogen-bond donors (Lipinski definition) is 1. The number of alkyl halides is 2. The Labute approximate surface area is 98.4 Å². The molecule has 0 aromatic carbocycles.